The highest BCUT2D eigenvalue weighted by molar-refractivity contribution is 9.10. The molecule has 0 radical (unpaired) electrons. The molecule has 0 aliphatic heterocycles. The molecule has 0 atom stereocenters. The molecule has 1 aromatic heterocycles. The van der Waals surface area contributed by atoms with E-state index in [2.05, 4.69) is 36.8 Å². The van der Waals surface area contributed by atoms with Crippen molar-refractivity contribution < 1.29 is 9.59 Å². The van der Waals surface area contributed by atoms with Gasteiger partial charge in [0.25, 0.3) is 11.8 Å². The van der Waals surface area contributed by atoms with Crippen LogP contribution in [-0.4, -0.2) is 16.8 Å². The normalized spacial score (nSPS) is 10.4. The summed E-state index contributed by atoms with van der Waals surface area (Å²) in [6.07, 6.45) is 1.57. The van der Waals surface area contributed by atoms with Gasteiger partial charge in [-0.25, -0.2) is 9.88 Å². The number of pyridine rings is 1. The van der Waals surface area contributed by atoms with Gasteiger partial charge < -0.3 is 0 Å². The van der Waals surface area contributed by atoms with E-state index >= 15 is 0 Å². The molecule has 0 aliphatic carbocycles. The third-order valence-corrected chi connectivity index (χ3v) is 5.19. The van der Waals surface area contributed by atoms with Gasteiger partial charge in [0, 0.05) is 15.1 Å². The number of aromatic nitrogens is 1. The van der Waals surface area contributed by atoms with E-state index in [1.807, 2.05) is 25.1 Å². The van der Waals surface area contributed by atoms with Crippen LogP contribution in [0.25, 0.3) is 0 Å². The maximum Gasteiger partial charge on any atom is 0.267 e. The van der Waals surface area contributed by atoms with E-state index in [1.165, 1.54) is 0 Å². The molecule has 0 bridgehead atoms. The van der Waals surface area contributed by atoms with Crippen molar-refractivity contribution in [2.24, 2.45) is 0 Å². The first kappa shape index (κ1) is 18.5. The van der Waals surface area contributed by atoms with Crippen LogP contribution in [0.5, 0.6) is 0 Å². The van der Waals surface area contributed by atoms with Gasteiger partial charge in [0.05, 0.1) is 11.1 Å². The topological polar surface area (TPSA) is 50.3 Å². The molecule has 0 spiro atoms. The Balaban J connectivity index is 2.16. The van der Waals surface area contributed by atoms with Gasteiger partial charge >= 0.3 is 0 Å². The molecule has 0 aliphatic rings. The Bertz CT molecular complexity index is 931. The first-order valence-corrected chi connectivity index (χ1v) is 9.38. The monoisotopic (exact) mass is 472 g/mol. The van der Waals surface area contributed by atoms with Crippen molar-refractivity contribution >= 4 is 49.5 Å². The van der Waals surface area contributed by atoms with Gasteiger partial charge in [0.1, 0.15) is 5.82 Å². The molecule has 0 saturated carbocycles. The van der Waals surface area contributed by atoms with Crippen molar-refractivity contribution in [1.29, 1.82) is 0 Å². The molecule has 0 unspecified atom stereocenters. The van der Waals surface area contributed by atoms with E-state index < -0.39 is 11.8 Å². The number of hydrogen-bond donors (Lipinski definition) is 0. The molecule has 26 heavy (non-hydrogen) atoms. The van der Waals surface area contributed by atoms with Crippen molar-refractivity contribution in [3.8, 4) is 0 Å². The summed E-state index contributed by atoms with van der Waals surface area (Å²) in [7, 11) is 0. The lowest BCUT2D eigenvalue weighted by Crippen LogP contribution is -2.38. The predicted molar refractivity (Wildman–Crippen MR) is 108 cm³/mol. The average molecular weight is 474 g/mol. The Hall–Kier alpha value is -2.31. The molecule has 3 rings (SSSR count). The number of amides is 2. The number of carbonyl (C=O) groups is 2. The fraction of sp³-hybridized carbons (Fsp3) is 0.0500. The largest absolute Gasteiger partial charge is 0.268 e. The maximum absolute atomic E-state index is 13.3. The van der Waals surface area contributed by atoms with E-state index in [1.54, 1.807) is 48.7 Å². The van der Waals surface area contributed by atoms with Crippen molar-refractivity contribution in [2.75, 3.05) is 4.90 Å². The number of halogens is 2. The van der Waals surface area contributed by atoms with Gasteiger partial charge in [-0.2, -0.15) is 0 Å². The summed E-state index contributed by atoms with van der Waals surface area (Å²) in [4.78, 5) is 31.9. The van der Waals surface area contributed by atoms with Crippen molar-refractivity contribution in [2.45, 2.75) is 6.92 Å². The summed E-state index contributed by atoms with van der Waals surface area (Å²) in [5.41, 5.74) is 1.50. The van der Waals surface area contributed by atoms with E-state index in [9.17, 15) is 9.59 Å². The smallest absolute Gasteiger partial charge is 0.267 e. The summed E-state index contributed by atoms with van der Waals surface area (Å²) >= 11 is 6.78. The molecule has 0 fully saturated rings. The van der Waals surface area contributed by atoms with Gasteiger partial charge in [0.2, 0.25) is 0 Å². The van der Waals surface area contributed by atoms with Crippen molar-refractivity contribution in [3.05, 3.63) is 92.5 Å². The molecular weight excluding hydrogens is 460 g/mol. The summed E-state index contributed by atoms with van der Waals surface area (Å²) < 4.78 is 1.23. The van der Waals surface area contributed by atoms with Gasteiger partial charge in [-0.3, -0.25) is 9.59 Å². The Morgan fingerprint density at radius 3 is 1.77 bits per heavy atom. The van der Waals surface area contributed by atoms with Crippen molar-refractivity contribution in [1.82, 2.24) is 4.98 Å². The quantitative estimate of drug-likeness (QED) is 0.478. The molecular formula is C20H14Br2N2O2. The predicted octanol–water partition coefficient (Wildman–Crippen LogP) is 5.40. The van der Waals surface area contributed by atoms with Crippen LogP contribution in [0.4, 0.5) is 5.82 Å². The first-order valence-electron chi connectivity index (χ1n) is 7.80. The second-order valence-electron chi connectivity index (χ2n) is 5.55. The van der Waals surface area contributed by atoms with Crippen LogP contribution in [-0.2, 0) is 0 Å². The molecule has 4 nitrogen and oxygen atoms in total. The van der Waals surface area contributed by atoms with Gasteiger partial charge in [0.15, 0.2) is 0 Å². The van der Waals surface area contributed by atoms with Crippen LogP contribution in [0.1, 0.15) is 26.3 Å². The van der Waals surface area contributed by atoms with Crippen LogP contribution >= 0.6 is 31.9 Å². The number of imide groups is 1. The minimum Gasteiger partial charge on any atom is -0.268 e. The molecule has 130 valence electrons. The number of carbonyl (C=O) groups excluding carboxylic acids is 2. The fourth-order valence-electron chi connectivity index (χ4n) is 2.51. The number of benzene rings is 2. The maximum atomic E-state index is 13.3. The molecule has 2 amide bonds. The van der Waals surface area contributed by atoms with Crippen LogP contribution in [0, 0.1) is 6.92 Å². The number of nitrogens with zero attached hydrogens (tertiary/aromatic N) is 2. The third kappa shape index (κ3) is 3.61. The third-order valence-electron chi connectivity index (χ3n) is 3.81. The SMILES string of the molecule is Cc1cccnc1N(C(=O)c1ccccc1Br)C(=O)c1ccccc1Br. The van der Waals surface area contributed by atoms with Gasteiger partial charge in [-0.05, 0) is 74.7 Å². The van der Waals surface area contributed by atoms with Crippen LogP contribution in [0.15, 0.2) is 75.8 Å². The lowest BCUT2D eigenvalue weighted by atomic mass is 10.1. The number of aryl methyl sites for hydroxylation is 1. The molecule has 2 aromatic carbocycles. The number of hydrogen-bond acceptors (Lipinski definition) is 3. The molecule has 0 saturated heterocycles. The minimum absolute atomic E-state index is 0.314. The van der Waals surface area contributed by atoms with Gasteiger partial charge in [-0.15, -0.1) is 0 Å². The minimum atomic E-state index is -0.444. The number of anilines is 1. The summed E-state index contributed by atoms with van der Waals surface area (Å²) in [5, 5.41) is 0. The van der Waals surface area contributed by atoms with Crippen LogP contribution < -0.4 is 4.90 Å². The van der Waals surface area contributed by atoms with Gasteiger partial charge in [-0.1, -0.05) is 30.3 Å². The van der Waals surface area contributed by atoms with Crippen LogP contribution in [0.2, 0.25) is 0 Å². The fourth-order valence-corrected chi connectivity index (χ4v) is 3.41. The highest BCUT2D eigenvalue weighted by Gasteiger charge is 2.30. The second-order valence-corrected chi connectivity index (χ2v) is 7.26. The van der Waals surface area contributed by atoms with E-state index in [0.717, 1.165) is 10.5 Å². The van der Waals surface area contributed by atoms with Crippen LogP contribution in [0.3, 0.4) is 0 Å². The second kappa shape index (κ2) is 7.93. The summed E-state index contributed by atoms with van der Waals surface area (Å²) in [5.74, 6) is -0.575. The Morgan fingerprint density at radius 2 is 1.31 bits per heavy atom. The standard InChI is InChI=1S/C20H14Br2N2O2/c1-13-7-6-12-23-18(13)24(19(25)14-8-2-4-10-16(14)21)20(26)15-9-3-5-11-17(15)22/h2-12H,1H3. The average Bonchev–Trinajstić information content (AvgIpc) is 2.64. The molecule has 3 aromatic rings. The van der Waals surface area contributed by atoms with E-state index in [-0.39, 0.29) is 0 Å². The molecule has 1 heterocycles. The highest BCUT2D eigenvalue weighted by atomic mass is 79.9. The Morgan fingerprint density at radius 1 is 0.808 bits per heavy atom. The zero-order valence-electron chi connectivity index (χ0n) is 13.8. The summed E-state index contributed by atoms with van der Waals surface area (Å²) in [6.45, 7) is 1.82. The van der Waals surface area contributed by atoms with E-state index in [4.69, 9.17) is 0 Å². The van der Waals surface area contributed by atoms with Crippen molar-refractivity contribution in [3.63, 3.8) is 0 Å². The first-order chi connectivity index (χ1) is 12.5. The van der Waals surface area contributed by atoms with E-state index in [0.29, 0.717) is 25.9 Å². The highest BCUT2D eigenvalue weighted by Crippen LogP contribution is 2.27. The Labute approximate surface area is 168 Å². The lowest BCUT2D eigenvalue weighted by molar-refractivity contribution is 0.0895. The zero-order chi connectivity index (χ0) is 18.7. The molecule has 0 N–H and O–H groups in total. The lowest BCUT2D eigenvalue weighted by Gasteiger charge is -2.22. The summed E-state index contributed by atoms with van der Waals surface area (Å²) in [6, 6.07) is 17.6. The molecule has 6 heteroatoms. The zero-order valence-corrected chi connectivity index (χ0v) is 17.0. The Kier molecular flexibility index (Phi) is 5.64. The number of rotatable bonds is 3.